The van der Waals surface area contributed by atoms with Gasteiger partial charge in [-0.15, -0.1) is 0 Å². The lowest BCUT2D eigenvalue weighted by Gasteiger charge is -2.32. The predicted octanol–water partition coefficient (Wildman–Crippen LogP) is 2.85. The molecule has 2 unspecified atom stereocenters. The Morgan fingerprint density at radius 3 is 3.12 bits per heavy atom. The molecule has 1 aromatic carbocycles. The highest BCUT2D eigenvalue weighted by Crippen LogP contribution is 2.47. The maximum atomic E-state index is 9.52. The van der Waals surface area contributed by atoms with E-state index in [-0.39, 0.29) is 18.0 Å². The topological polar surface area (TPSA) is 86.1 Å². The van der Waals surface area contributed by atoms with Crippen LogP contribution in [0.25, 0.3) is 0 Å². The number of fused-ring (bicyclic) bond motifs is 3. The molecule has 6 nitrogen and oxygen atoms in total. The summed E-state index contributed by atoms with van der Waals surface area (Å²) in [5.41, 5.74) is 9.65. The van der Waals surface area contributed by atoms with Gasteiger partial charge >= 0.3 is 0 Å². The summed E-state index contributed by atoms with van der Waals surface area (Å²) >= 11 is 0. The number of anilines is 1. The fraction of sp³-hybridized carbons (Fsp3) is 0.222. The van der Waals surface area contributed by atoms with E-state index < -0.39 is 0 Å². The summed E-state index contributed by atoms with van der Waals surface area (Å²) < 4.78 is 12.5. The second kappa shape index (κ2) is 5.46. The minimum Gasteiger partial charge on any atom is -0.497 e. The highest BCUT2D eigenvalue weighted by Gasteiger charge is 2.38. The van der Waals surface area contributed by atoms with Gasteiger partial charge in [-0.25, -0.2) is 9.55 Å². The fourth-order valence-electron chi connectivity index (χ4n) is 3.44. The average Bonchev–Trinajstić information content (AvgIpc) is 2.97. The third kappa shape index (κ3) is 2.06. The number of hydrogen-bond donors (Lipinski definition) is 1. The van der Waals surface area contributed by atoms with E-state index in [9.17, 15) is 5.26 Å². The molecule has 2 aromatic rings. The summed E-state index contributed by atoms with van der Waals surface area (Å²) in [6.45, 7) is 0. The van der Waals surface area contributed by atoms with Crippen LogP contribution in [0.4, 0.5) is 5.95 Å². The molecule has 4 rings (SSSR count). The van der Waals surface area contributed by atoms with Crippen LogP contribution in [0.1, 0.15) is 35.4 Å². The molecule has 0 amide bonds. The molecular formula is C18H16N4O2. The van der Waals surface area contributed by atoms with Crippen molar-refractivity contribution in [3.05, 3.63) is 65.2 Å². The molecule has 1 aliphatic heterocycles. The number of benzene rings is 1. The van der Waals surface area contributed by atoms with Crippen LogP contribution in [0.3, 0.4) is 0 Å². The number of nitrogens with zero attached hydrogens (tertiary/aromatic N) is 3. The van der Waals surface area contributed by atoms with Crippen molar-refractivity contribution in [2.45, 2.75) is 18.4 Å². The Morgan fingerprint density at radius 1 is 1.46 bits per heavy atom. The van der Waals surface area contributed by atoms with Crippen LogP contribution in [0, 0.1) is 11.5 Å². The van der Waals surface area contributed by atoms with Crippen molar-refractivity contribution in [3.8, 4) is 11.9 Å². The minimum atomic E-state index is -0.274. The maximum Gasteiger partial charge on any atom is 0.214 e. The van der Waals surface area contributed by atoms with Crippen LogP contribution in [-0.2, 0) is 4.74 Å². The smallest absolute Gasteiger partial charge is 0.214 e. The van der Waals surface area contributed by atoms with Gasteiger partial charge in [0.15, 0.2) is 12.3 Å². The Morgan fingerprint density at radius 2 is 2.33 bits per heavy atom. The molecule has 0 saturated carbocycles. The number of allylic oxidation sites excluding steroid dienone is 2. The van der Waals surface area contributed by atoms with E-state index in [0.717, 1.165) is 29.0 Å². The van der Waals surface area contributed by atoms with E-state index in [1.165, 1.54) is 4.57 Å². The highest BCUT2D eigenvalue weighted by molar-refractivity contribution is 5.49. The first-order valence-corrected chi connectivity index (χ1v) is 7.66. The summed E-state index contributed by atoms with van der Waals surface area (Å²) in [6.07, 6.45) is 8.17. The third-order valence-corrected chi connectivity index (χ3v) is 4.52. The SMILES string of the molecule is COc1cccc(C2CC3=CC=COC3c3nc(N)n(C#N)c32)c1. The van der Waals surface area contributed by atoms with Crippen molar-refractivity contribution in [1.82, 2.24) is 9.55 Å². The number of hydrogen-bond acceptors (Lipinski definition) is 5. The number of nitriles is 1. The summed E-state index contributed by atoms with van der Waals surface area (Å²) in [7, 11) is 1.64. The molecule has 2 N–H and O–H groups in total. The van der Waals surface area contributed by atoms with Gasteiger partial charge in [-0.1, -0.05) is 18.2 Å². The van der Waals surface area contributed by atoms with Crippen LogP contribution < -0.4 is 10.5 Å². The van der Waals surface area contributed by atoms with Gasteiger partial charge in [0, 0.05) is 5.92 Å². The number of ether oxygens (including phenoxy) is 2. The van der Waals surface area contributed by atoms with E-state index in [0.29, 0.717) is 5.69 Å². The summed E-state index contributed by atoms with van der Waals surface area (Å²) in [4.78, 5) is 4.41. The highest BCUT2D eigenvalue weighted by atomic mass is 16.5. The Kier molecular flexibility index (Phi) is 3.28. The van der Waals surface area contributed by atoms with Gasteiger partial charge in [0.1, 0.15) is 11.4 Å². The first-order valence-electron chi connectivity index (χ1n) is 7.66. The van der Waals surface area contributed by atoms with E-state index in [2.05, 4.69) is 11.2 Å². The number of rotatable bonds is 2. The van der Waals surface area contributed by atoms with E-state index >= 15 is 0 Å². The Hall–Kier alpha value is -3.20. The van der Waals surface area contributed by atoms with E-state index in [1.807, 2.05) is 36.4 Å². The zero-order valence-electron chi connectivity index (χ0n) is 13.1. The van der Waals surface area contributed by atoms with Crippen LogP contribution in [0.15, 0.2) is 48.3 Å². The fourth-order valence-corrected chi connectivity index (χ4v) is 3.44. The standard InChI is InChI=1S/C18H16N4O2/c1-23-13-6-2-4-11(8-13)14-9-12-5-3-7-24-17(12)15-16(14)22(10-19)18(20)21-15/h2-8,14,17H,9H2,1H3,(H2,20,21). The Balaban J connectivity index is 1.92. The largest absolute Gasteiger partial charge is 0.497 e. The lowest BCUT2D eigenvalue weighted by Crippen LogP contribution is -2.22. The van der Waals surface area contributed by atoms with Crippen molar-refractivity contribution in [2.75, 3.05) is 12.8 Å². The molecule has 6 heteroatoms. The second-order valence-corrected chi connectivity index (χ2v) is 5.80. The molecule has 2 atom stereocenters. The monoisotopic (exact) mass is 320 g/mol. The van der Waals surface area contributed by atoms with Crippen molar-refractivity contribution in [1.29, 1.82) is 5.26 Å². The maximum absolute atomic E-state index is 9.52. The summed E-state index contributed by atoms with van der Waals surface area (Å²) in [5.74, 6) is 0.938. The van der Waals surface area contributed by atoms with Crippen molar-refractivity contribution in [3.63, 3.8) is 0 Å². The van der Waals surface area contributed by atoms with Gasteiger partial charge in [-0.05, 0) is 35.8 Å². The number of methoxy groups -OCH3 is 1. The van der Waals surface area contributed by atoms with E-state index in [4.69, 9.17) is 15.2 Å². The third-order valence-electron chi connectivity index (χ3n) is 4.52. The normalized spacial score (nSPS) is 21.1. The lowest BCUT2D eigenvalue weighted by molar-refractivity contribution is 0.159. The zero-order valence-corrected chi connectivity index (χ0v) is 13.1. The quantitative estimate of drug-likeness (QED) is 0.919. The van der Waals surface area contributed by atoms with Gasteiger partial charge < -0.3 is 15.2 Å². The van der Waals surface area contributed by atoms with Crippen LogP contribution >= 0.6 is 0 Å². The van der Waals surface area contributed by atoms with Crippen LogP contribution in [-0.4, -0.2) is 16.7 Å². The van der Waals surface area contributed by atoms with Crippen molar-refractivity contribution < 1.29 is 9.47 Å². The Labute approximate surface area is 139 Å². The summed E-state index contributed by atoms with van der Waals surface area (Å²) in [5, 5.41) is 9.52. The molecule has 0 bridgehead atoms. The molecule has 120 valence electrons. The van der Waals surface area contributed by atoms with Gasteiger partial charge in [0.2, 0.25) is 5.95 Å². The number of nitrogen functional groups attached to an aromatic ring is 1. The van der Waals surface area contributed by atoms with Gasteiger partial charge in [0.05, 0.1) is 19.1 Å². The molecule has 1 aliphatic carbocycles. The average molecular weight is 320 g/mol. The number of aromatic nitrogens is 2. The molecule has 0 spiro atoms. The van der Waals surface area contributed by atoms with Gasteiger partial charge in [0.25, 0.3) is 0 Å². The van der Waals surface area contributed by atoms with Crippen molar-refractivity contribution in [2.24, 2.45) is 0 Å². The summed E-state index contributed by atoms with van der Waals surface area (Å²) in [6, 6.07) is 7.86. The van der Waals surface area contributed by atoms with Crippen LogP contribution in [0.5, 0.6) is 5.75 Å². The van der Waals surface area contributed by atoms with Crippen molar-refractivity contribution >= 4 is 5.95 Å². The molecular weight excluding hydrogens is 304 g/mol. The van der Waals surface area contributed by atoms with Gasteiger partial charge in [-0.3, -0.25) is 0 Å². The molecule has 2 heterocycles. The number of imidazole rings is 1. The molecule has 0 fully saturated rings. The Bertz CT molecular complexity index is 904. The molecule has 24 heavy (non-hydrogen) atoms. The molecule has 0 saturated heterocycles. The first kappa shape index (κ1) is 14.4. The predicted molar refractivity (Wildman–Crippen MR) is 88.2 cm³/mol. The molecule has 1 aromatic heterocycles. The second-order valence-electron chi connectivity index (χ2n) is 5.80. The number of nitrogens with two attached hydrogens (primary N) is 1. The molecule has 2 aliphatic rings. The first-order chi connectivity index (χ1) is 11.7. The van der Waals surface area contributed by atoms with E-state index in [1.54, 1.807) is 13.4 Å². The van der Waals surface area contributed by atoms with Crippen LogP contribution in [0.2, 0.25) is 0 Å². The lowest BCUT2D eigenvalue weighted by atomic mass is 9.79. The minimum absolute atomic E-state index is 0.0304. The van der Waals surface area contributed by atoms with Gasteiger partial charge in [-0.2, -0.15) is 5.26 Å². The zero-order chi connectivity index (χ0) is 16.7. The molecule has 0 radical (unpaired) electrons.